The van der Waals surface area contributed by atoms with E-state index in [1.54, 1.807) is 0 Å². The number of nitrogens with zero attached hydrogens (tertiary/aromatic N) is 2. The molecule has 0 aromatic carbocycles. The smallest absolute Gasteiger partial charge is 0.123 e. The fourth-order valence-corrected chi connectivity index (χ4v) is 1.01. The standard InChI is InChI=1S/C6H6Br2N2.C4H10/c7-4-6(8,5-10)2-1-3-9;1-3-4-2/h1-2,4H2;3-4H2,1-2H3. The van der Waals surface area contributed by atoms with E-state index in [2.05, 4.69) is 51.8 Å². The molecule has 0 aliphatic heterocycles. The van der Waals surface area contributed by atoms with Crippen molar-refractivity contribution in [1.29, 1.82) is 10.5 Å². The van der Waals surface area contributed by atoms with Crippen LogP contribution < -0.4 is 0 Å². The number of nitriles is 2. The first-order valence-electron chi connectivity index (χ1n) is 4.63. The summed E-state index contributed by atoms with van der Waals surface area (Å²) >= 11 is 6.41. The highest BCUT2D eigenvalue weighted by Gasteiger charge is 2.23. The van der Waals surface area contributed by atoms with Crippen LogP contribution >= 0.6 is 31.9 Å². The van der Waals surface area contributed by atoms with Crippen LogP contribution in [0.2, 0.25) is 0 Å². The molecule has 0 saturated carbocycles. The molecule has 1 atom stereocenters. The second-order valence-electron chi connectivity index (χ2n) is 2.87. The molecule has 14 heavy (non-hydrogen) atoms. The van der Waals surface area contributed by atoms with Gasteiger partial charge in [-0.25, -0.2) is 0 Å². The average molecular weight is 324 g/mol. The van der Waals surface area contributed by atoms with Crippen molar-refractivity contribution in [1.82, 2.24) is 0 Å². The number of hydrogen-bond acceptors (Lipinski definition) is 2. The number of alkyl halides is 2. The van der Waals surface area contributed by atoms with Crippen molar-refractivity contribution >= 4 is 31.9 Å². The molecule has 0 N–H and O–H groups in total. The second kappa shape index (κ2) is 11.0. The Morgan fingerprint density at radius 3 is 1.93 bits per heavy atom. The maximum atomic E-state index is 8.58. The van der Waals surface area contributed by atoms with E-state index < -0.39 is 4.32 Å². The summed E-state index contributed by atoms with van der Waals surface area (Å²) in [5.41, 5.74) is 0. The van der Waals surface area contributed by atoms with Crippen LogP contribution in [0.4, 0.5) is 0 Å². The molecular formula is C10H16Br2N2. The molecule has 0 radical (unpaired) electrons. The topological polar surface area (TPSA) is 47.6 Å². The fourth-order valence-electron chi connectivity index (χ4n) is 0.407. The van der Waals surface area contributed by atoms with Crippen molar-refractivity contribution in [3.63, 3.8) is 0 Å². The third-order valence-corrected chi connectivity index (χ3v) is 4.11. The van der Waals surface area contributed by atoms with E-state index in [0.29, 0.717) is 18.2 Å². The highest BCUT2D eigenvalue weighted by atomic mass is 79.9. The van der Waals surface area contributed by atoms with Gasteiger partial charge in [0.2, 0.25) is 0 Å². The molecule has 0 bridgehead atoms. The van der Waals surface area contributed by atoms with Crippen LogP contribution in [0.5, 0.6) is 0 Å². The van der Waals surface area contributed by atoms with Gasteiger partial charge in [-0.15, -0.1) is 0 Å². The molecule has 0 amide bonds. The molecule has 0 aliphatic carbocycles. The molecule has 0 fully saturated rings. The van der Waals surface area contributed by atoms with Crippen LogP contribution in [-0.4, -0.2) is 9.65 Å². The number of rotatable bonds is 4. The summed E-state index contributed by atoms with van der Waals surface area (Å²) in [7, 11) is 0. The maximum absolute atomic E-state index is 8.58. The Labute approximate surface area is 104 Å². The van der Waals surface area contributed by atoms with E-state index in [0.717, 1.165) is 0 Å². The molecule has 80 valence electrons. The minimum absolute atomic E-state index is 0.407. The van der Waals surface area contributed by atoms with Crippen molar-refractivity contribution in [2.75, 3.05) is 5.33 Å². The maximum Gasteiger partial charge on any atom is 0.123 e. The quantitative estimate of drug-likeness (QED) is 0.730. The predicted octanol–water partition coefficient (Wildman–Crippen LogP) is 4.15. The van der Waals surface area contributed by atoms with Gasteiger partial charge in [0.15, 0.2) is 0 Å². The van der Waals surface area contributed by atoms with E-state index in [9.17, 15) is 0 Å². The second-order valence-corrected chi connectivity index (χ2v) is 4.95. The number of halogens is 2. The lowest BCUT2D eigenvalue weighted by Crippen LogP contribution is -2.19. The Hall–Kier alpha value is -0.0600. The summed E-state index contributed by atoms with van der Waals surface area (Å²) in [4.78, 5) is 0. The van der Waals surface area contributed by atoms with E-state index in [4.69, 9.17) is 10.5 Å². The van der Waals surface area contributed by atoms with Crippen LogP contribution in [0, 0.1) is 22.7 Å². The zero-order chi connectivity index (χ0) is 11.4. The van der Waals surface area contributed by atoms with Crippen LogP contribution in [0.1, 0.15) is 39.5 Å². The van der Waals surface area contributed by atoms with Crippen molar-refractivity contribution in [3.8, 4) is 12.1 Å². The van der Waals surface area contributed by atoms with E-state index in [-0.39, 0.29) is 0 Å². The molecule has 0 aliphatic rings. The Morgan fingerprint density at radius 2 is 1.71 bits per heavy atom. The molecule has 0 heterocycles. The van der Waals surface area contributed by atoms with E-state index in [1.807, 2.05) is 6.07 Å². The SMILES string of the molecule is CCCC.N#CCCC(Br)(C#N)CBr. The van der Waals surface area contributed by atoms with Gasteiger partial charge in [-0.1, -0.05) is 58.5 Å². The molecule has 0 rings (SSSR count). The van der Waals surface area contributed by atoms with E-state index >= 15 is 0 Å². The highest BCUT2D eigenvalue weighted by molar-refractivity contribution is 9.12. The lowest BCUT2D eigenvalue weighted by atomic mass is 10.1. The number of hydrogen-bond donors (Lipinski definition) is 0. The molecular weight excluding hydrogens is 308 g/mol. The summed E-state index contributed by atoms with van der Waals surface area (Å²) in [6.07, 6.45) is 3.61. The third kappa shape index (κ3) is 10.0. The van der Waals surface area contributed by atoms with Gasteiger partial charge in [-0.2, -0.15) is 10.5 Å². The lowest BCUT2D eigenvalue weighted by molar-refractivity contribution is 0.752. The normalized spacial score (nSPS) is 12.7. The Morgan fingerprint density at radius 1 is 1.21 bits per heavy atom. The molecule has 0 aromatic heterocycles. The molecule has 2 nitrogen and oxygen atoms in total. The largest absolute Gasteiger partial charge is 0.198 e. The fraction of sp³-hybridized carbons (Fsp3) is 0.800. The monoisotopic (exact) mass is 322 g/mol. The lowest BCUT2D eigenvalue weighted by Gasteiger charge is -2.12. The molecule has 1 unspecified atom stereocenters. The average Bonchev–Trinajstić information content (AvgIpc) is 2.26. The highest BCUT2D eigenvalue weighted by Crippen LogP contribution is 2.25. The first-order chi connectivity index (χ1) is 6.60. The van der Waals surface area contributed by atoms with Gasteiger partial charge in [0.1, 0.15) is 4.32 Å². The van der Waals surface area contributed by atoms with Gasteiger partial charge in [0.05, 0.1) is 12.1 Å². The summed E-state index contributed by atoms with van der Waals surface area (Å²) in [5.74, 6) is 0. The number of unbranched alkanes of at least 4 members (excludes halogenated alkanes) is 1. The van der Waals surface area contributed by atoms with Gasteiger partial charge in [-0.05, 0) is 6.42 Å². The zero-order valence-corrected chi connectivity index (χ0v) is 11.9. The van der Waals surface area contributed by atoms with Crippen molar-refractivity contribution in [2.24, 2.45) is 0 Å². The van der Waals surface area contributed by atoms with Crippen LogP contribution in [0.25, 0.3) is 0 Å². The predicted molar refractivity (Wildman–Crippen MR) is 66.5 cm³/mol. The van der Waals surface area contributed by atoms with E-state index in [1.165, 1.54) is 12.8 Å². The molecule has 0 aromatic rings. The summed E-state index contributed by atoms with van der Waals surface area (Å²) in [6.45, 7) is 4.36. The van der Waals surface area contributed by atoms with Gasteiger partial charge < -0.3 is 0 Å². The van der Waals surface area contributed by atoms with Gasteiger partial charge in [0, 0.05) is 11.8 Å². The zero-order valence-electron chi connectivity index (χ0n) is 8.69. The van der Waals surface area contributed by atoms with Gasteiger partial charge in [0.25, 0.3) is 0 Å². The third-order valence-electron chi connectivity index (χ3n) is 1.55. The Kier molecular flexibility index (Phi) is 12.9. The summed E-state index contributed by atoms with van der Waals surface area (Å²) in [5, 5.41) is 17.4. The minimum atomic E-state index is -0.553. The van der Waals surface area contributed by atoms with Gasteiger partial charge in [-0.3, -0.25) is 0 Å². The summed E-state index contributed by atoms with van der Waals surface area (Å²) in [6, 6.07) is 4.07. The van der Waals surface area contributed by atoms with Crippen molar-refractivity contribution in [3.05, 3.63) is 0 Å². The molecule has 4 heteroatoms. The first-order valence-corrected chi connectivity index (χ1v) is 6.54. The van der Waals surface area contributed by atoms with Gasteiger partial charge >= 0.3 is 0 Å². The Bertz CT molecular complexity index is 203. The first kappa shape index (κ1) is 16.4. The molecule has 0 spiro atoms. The van der Waals surface area contributed by atoms with Crippen LogP contribution in [0.15, 0.2) is 0 Å². The minimum Gasteiger partial charge on any atom is -0.198 e. The van der Waals surface area contributed by atoms with Crippen LogP contribution in [0.3, 0.4) is 0 Å². The Balaban J connectivity index is 0. The summed E-state index contributed by atoms with van der Waals surface area (Å²) < 4.78 is -0.553. The van der Waals surface area contributed by atoms with Crippen molar-refractivity contribution < 1.29 is 0 Å². The van der Waals surface area contributed by atoms with Crippen molar-refractivity contribution in [2.45, 2.75) is 43.9 Å². The van der Waals surface area contributed by atoms with Crippen LogP contribution in [-0.2, 0) is 0 Å². The molecule has 0 saturated heterocycles.